The second-order valence-electron chi connectivity index (χ2n) is 3.63. The molecule has 0 saturated carbocycles. The van der Waals surface area contributed by atoms with Crippen LogP contribution in [-0.4, -0.2) is 35.3 Å². The lowest BCUT2D eigenvalue weighted by molar-refractivity contribution is -0.137. The van der Waals surface area contributed by atoms with Crippen molar-refractivity contribution in [2.24, 2.45) is 0 Å². The number of anilines is 1. The summed E-state index contributed by atoms with van der Waals surface area (Å²) in [6.45, 7) is 0.924. The third-order valence-corrected chi connectivity index (χ3v) is 3.27. The fourth-order valence-corrected chi connectivity index (χ4v) is 2.40. The number of hydrogen-bond donors (Lipinski definition) is 1. The van der Waals surface area contributed by atoms with Crippen molar-refractivity contribution in [2.75, 3.05) is 18.1 Å². The second-order valence-corrected chi connectivity index (χ2v) is 4.47. The Hall–Kier alpha value is -1.63. The minimum atomic E-state index is -0.802. The number of rotatable bonds is 5. The molecule has 1 aliphatic heterocycles. The number of aliphatic carboxylic acids is 1. The highest BCUT2D eigenvalue weighted by atomic mass is 32.1. The van der Waals surface area contributed by atoms with Gasteiger partial charge in [-0.05, 0) is 12.8 Å². The maximum atomic E-state index is 11.3. The maximum Gasteiger partial charge on any atom is 0.416 e. The Bertz CT molecular complexity index is 432. The van der Waals surface area contributed by atoms with Gasteiger partial charge >= 0.3 is 12.1 Å². The van der Waals surface area contributed by atoms with E-state index in [9.17, 15) is 9.59 Å². The van der Waals surface area contributed by atoms with Crippen molar-refractivity contribution < 1.29 is 19.4 Å². The lowest BCUT2D eigenvalue weighted by atomic mass is 10.2. The van der Waals surface area contributed by atoms with Gasteiger partial charge in [0.1, 0.15) is 6.61 Å². The normalized spacial score (nSPS) is 15.1. The summed E-state index contributed by atoms with van der Waals surface area (Å²) in [6.07, 6.45) is 0.948. The Balaban J connectivity index is 1.91. The summed E-state index contributed by atoms with van der Waals surface area (Å²) in [5.41, 5.74) is 0.825. The van der Waals surface area contributed by atoms with Crippen LogP contribution in [0.4, 0.5) is 9.93 Å². The number of ether oxygens (including phenoxy) is 1. The summed E-state index contributed by atoms with van der Waals surface area (Å²) >= 11 is 1.38. The van der Waals surface area contributed by atoms with Crippen LogP contribution in [0.15, 0.2) is 5.38 Å². The molecule has 1 aromatic rings. The summed E-state index contributed by atoms with van der Waals surface area (Å²) in [7, 11) is 0. The third kappa shape index (κ3) is 2.94. The molecule has 0 bridgehead atoms. The van der Waals surface area contributed by atoms with Crippen LogP contribution >= 0.6 is 11.3 Å². The van der Waals surface area contributed by atoms with Crippen molar-refractivity contribution in [3.63, 3.8) is 0 Å². The number of cyclic esters (lactones) is 1. The zero-order valence-corrected chi connectivity index (χ0v) is 9.90. The molecular formula is C10H12N2O4S. The van der Waals surface area contributed by atoms with Gasteiger partial charge in [0.15, 0.2) is 5.13 Å². The number of amides is 1. The Morgan fingerprint density at radius 3 is 3.12 bits per heavy atom. The molecule has 1 N–H and O–H groups in total. The second kappa shape index (κ2) is 5.13. The van der Waals surface area contributed by atoms with E-state index in [2.05, 4.69) is 4.98 Å². The Labute approximate surface area is 102 Å². The molecule has 2 heterocycles. The molecule has 0 unspecified atom stereocenters. The highest BCUT2D eigenvalue weighted by molar-refractivity contribution is 7.14. The zero-order chi connectivity index (χ0) is 12.3. The van der Waals surface area contributed by atoms with Crippen LogP contribution in [-0.2, 0) is 16.0 Å². The summed E-state index contributed by atoms with van der Waals surface area (Å²) in [6, 6.07) is 0. The highest BCUT2D eigenvalue weighted by Gasteiger charge is 2.25. The smallest absolute Gasteiger partial charge is 0.416 e. The van der Waals surface area contributed by atoms with Crippen LogP contribution in [0.25, 0.3) is 0 Å². The van der Waals surface area contributed by atoms with Crippen LogP contribution < -0.4 is 4.90 Å². The molecule has 2 rings (SSSR count). The molecule has 1 amide bonds. The van der Waals surface area contributed by atoms with Gasteiger partial charge < -0.3 is 9.84 Å². The predicted octanol–water partition coefficient (Wildman–Crippen LogP) is 1.51. The molecule has 1 saturated heterocycles. The number of carbonyl (C=O) groups is 2. The number of carboxylic acid groups (broad SMARTS) is 1. The minimum Gasteiger partial charge on any atom is -0.481 e. The number of aryl methyl sites for hydroxylation is 1. The lowest BCUT2D eigenvalue weighted by Gasteiger charge is -2.06. The van der Waals surface area contributed by atoms with Gasteiger partial charge in [-0.1, -0.05) is 0 Å². The van der Waals surface area contributed by atoms with Crippen LogP contribution in [0.2, 0.25) is 0 Å². The molecular weight excluding hydrogens is 244 g/mol. The van der Waals surface area contributed by atoms with E-state index in [-0.39, 0.29) is 12.5 Å². The topological polar surface area (TPSA) is 79.7 Å². The molecule has 17 heavy (non-hydrogen) atoms. The van der Waals surface area contributed by atoms with Gasteiger partial charge in [-0.3, -0.25) is 4.79 Å². The van der Waals surface area contributed by atoms with Crippen LogP contribution in [0, 0.1) is 0 Å². The number of thiazole rings is 1. The predicted molar refractivity (Wildman–Crippen MR) is 61.4 cm³/mol. The van der Waals surface area contributed by atoms with Gasteiger partial charge in [0, 0.05) is 11.8 Å². The molecule has 0 spiro atoms. The SMILES string of the molecule is O=C(O)CCCc1csc(N2CCOC2=O)n1. The number of carbonyl (C=O) groups excluding carboxylic acids is 1. The van der Waals surface area contributed by atoms with Crippen molar-refractivity contribution in [1.82, 2.24) is 4.98 Å². The van der Waals surface area contributed by atoms with Crippen molar-refractivity contribution in [2.45, 2.75) is 19.3 Å². The van der Waals surface area contributed by atoms with Crippen molar-refractivity contribution in [3.8, 4) is 0 Å². The summed E-state index contributed by atoms with van der Waals surface area (Å²) in [5.74, 6) is -0.802. The van der Waals surface area contributed by atoms with Gasteiger partial charge in [-0.25, -0.2) is 14.7 Å². The number of carboxylic acids is 1. The largest absolute Gasteiger partial charge is 0.481 e. The van der Waals surface area contributed by atoms with E-state index in [1.165, 1.54) is 16.2 Å². The van der Waals surface area contributed by atoms with Crippen LogP contribution in [0.5, 0.6) is 0 Å². The average Bonchev–Trinajstić information content (AvgIpc) is 2.86. The molecule has 0 aromatic carbocycles. The van der Waals surface area contributed by atoms with E-state index in [0.29, 0.717) is 31.1 Å². The average molecular weight is 256 g/mol. The molecule has 0 radical (unpaired) electrons. The quantitative estimate of drug-likeness (QED) is 0.863. The van der Waals surface area contributed by atoms with Gasteiger partial charge in [-0.15, -0.1) is 11.3 Å². The number of hydrogen-bond acceptors (Lipinski definition) is 5. The number of nitrogens with zero attached hydrogens (tertiary/aromatic N) is 2. The minimum absolute atomic E-state index is 0.138. The standard InChI is InChI=1S/C10H12N2O4S/c13-8(14)3-1-2-7-6-17-9(11-7)12-4-5-16-10(12)15/h6H,1-5H2,(H,13,14). The van der Waals surface area contributed by atoms with Crippen molar-refractivity contribution >= 4 is 28.5 Å². The molecule has 0 atom stereocenters. The highest BCUT2D eigenvalue weighted by Crippen LogP contribution is 2.24. The summed E-state index contributed by atoms with van der Waals surface area (Å²) < 4.78 is 4.82. The first kappa shape index (κ1) is 11.8. The van der Waals surface area contributed by atoms with Crippen LogP contribution in [0.3, 0.4) is 0 Å². The van der Waals surface area contributed by atoms with Crippen LogP contribution in [0.1, 0.15) is 18.5 Å². The molecule has 0 aliphatic carbocycles. The first-order valence-electron chi connectivity index (χ1n) is 5.27. The van der Waals surface area contributed by atoms with Gasteiger partial charge in [0.2, 0.25) is 0 Å². The zero-order valence-electron chi connectivity index (χ0n) is 9.09. The molecule has 1 aromatic heterocycles. The van der Waals surface area contributed by atoms with Gasteiger partial charge in [0.05, 0.1) is 12.2 Å². The fourth-order valence-electron chi connectivity index (χ4n) is 1.52. The monoisotopic (exact) mass is 256 g/mol. The summed E-state index contributed by atoms with van der Waals surface area (Å²) in [5, 5.41) is 11.0. The summed E-state index contributed by atoms with van der Waals surface area (Å²) in [4.78, 5) is 27.4. The number of aromatic nitrogens is 1. The molecule has 92 valence electrons. The van der Waals surface area contributed by atoms with E-state index in [0.717, 1.165) is 5.69 Å². The van der Waals surface area contributed by atoms with Crippen molar-refractivity contribution in [3.05, 3.63) is 11.1 Å². The fraction of sp³-hybridized carbons (Fsp3) is 0.500. The Morgan fingerprint density at radius 1 is 1.65 bits per heavy atom. The van der Waals surface area contributed by atoms with E-state index < -0.39 is 5.97 Å². The lowest BCUT2D eigenvalue weighted by Crippen LogP contribution is -2.23. The van der Waals surface area contributed by atoms with E-state index in [1.54, 1.807) is 0 Å². The van der Waals surface area contributed by atoms with E-state index in [1.807, 2.05) is 5.38 Å². The van der Waals surface area contributed by atoms with Crippen molar-refractivity contribution in [1.29, 1.82) is 0 Å². The Morgan fingerprint density at radius 2 is 2.47 bits per heavy atom. The first-order valence-corrected chi connectivity index (χ1v) is 6.15. The van der Waals surface area contributed by atoms with E-state index >= 15 is 0 Å². The molecule has 6 nitrogen and oxygen atoms in total. The maximum absolute atomic E-state index is 11.3. The third-order valence-electron chi connectivity index (χ3n) is 2.35. The Kier molecular flexibility index (Phi) is 3.58. The molecule has 1 fully saturated rings. The molecule has 7 heteroatoms. The van der Waals surface area contributed by atoms with Gasteiger partial charge in [-0.2, -0.15) is 0 Å². The van der Waals surface area contributed by atoms with Gasteiger partial charge in [0.25, 0.3) is 0 Å². The molecule has 1 aliphatic rings. The van der Waals surface area contributed by atoms with E-state index in [4.69, 9.17) is 9.84 Å². The first-order chi connectivity index (χ1) is 8.16.